The van der Waals surface area contributed by atoms with Gasteiger partial charge in [0.05, 0.1) is 29.1 Å². The SMILES string of the molecule is Cc1c(C(=O)Nc2ccn(Cc3c(F)c(F)cc(F)c3F)n2)c(-c2ccccc2)nn1-c1ccccc1. The molecule has 0 saturated carbocycles. The summed E-state index contributed by atoms with van der Waals surface area (Å²) >= 11 is 0. The Bertz CT molecular complexity index is 1570. The Hall–Kier alpha value is -4.73. The maximum atomic E-state index is 14.1. The summed E-state index contributed by atoms with van der Waals surface area (Å²) in [5.41, 5.74) is 2.04. The number of hydrogen-bond donors (Lipinski definition) is 1. The number of para-hydroxylation sites is 1. The van der Waals surface area contributed by atoms with E-state index in [4.69, 9.17) is 0 Å². The number of benzene rings is 3. The number of rotatable bonds is 6. The lowest BCUT2D eigenvalue weighted by Gasteiger charge is -2.08. The Kier molecular flexibility index (Phi) is 6.31. The standard InChI is InChI=1S/C27H19F4N5O/c1-16-23(26(17-8-4-2-5-9-17)34-36(16)18-10-6-3-7-11-18)27(37)32-22-12-13-35(33-22)15-19-24(30)20(28)14-21(29)25(19)31/h2-14H,15H2,1H3,(H,32,33,37). The molecule has 0 aliphatic rings. The molecular formula is C27H19F4N5O. The number of amides is 1. The van der Waals surface area contributed by atoms with Gasteiger partial charge >= 0.3 is 0 Å². The van der Waals surface area contributed by atoms with Gasteiger partial charge in [-0.25, -0.2) is 22.2 Å². The van der Waals surface area contributed by atoms with Gasteiger partial charge in [-0.3, -0.25) is 9.48 Å². The van der Waals surface area contributed by atoms with Gasteiger partial charge < -0.3 is 5.32 Å². The van der Waals surface area contributed by atoms with Gasteiger partial charge in [-0.1, -0.05) is 48.5 Å². The fourth-order valence-corrected chi connectivity index (χ4v) is 4.01. The number of aromatic nitrogens is 4. The van der Waals surface area contributed by atoms with Crippen molar-refractivity contribution in [1.29, 1.82) is 0 Å². The van der Waals surface area contributed by atoms with Crippen molar-refractivity contribution in [3.8, 4) is 16.9 Å². The highest BCUT2D eigenvalue weighted by Crippen LogP contribution is 2.28. The second kappa shape index (κ2) is 9.73. The average molecular weight is 505 g/mol. The van der Waals surface area contributed by atoms with Gasteiger partial charge in [0.1, 0.15) is 5.69 Å². The molecule has 2 heterocycles. The average Bonchev–Trinajstić information content (AvgIpc) is 3.50. The highest BCUT2D eigenvalue weighted by molar-refractivity contribution is 6.08. The first-order chi connectivity index (χ1) is 17.8. The van der Waals surface area contributed by atoms with Crippen LogP contribution in [0.3, 0.4) is 0 Å². The van der Waals surface area contributed by atoms with Gasteiger partial charge in [-0.2, -0.15) is 10.2 Å². The Labute approximate surface area is 208 Å². The van der Waals surface area contributed by atoms with Gasteiger partial charge in [0.2, 0.25) is 0 Å². The summed E-state index contributed by atoms with van der Waals surface area (Å²) in [4.78, 5) is 13.4. The lowest BCUT2D eigenvalue weighted by atomic mass is 10.1. The summed E-state index contributed by atoms with van der Waals surface area (Å²) < 4.78 is 57.9. The van der Waals surface area contributed by atoms with Gasteiger partial charge in [-0.05, 0) is 19.1 Å². The first kappa shape index (κ1) is 24.0. The van der Waals surface area contributed by atoms with Crippen molar-refractivity contribution in [3.05, 3.63) is 119 Å². The Morgan fingerprint density at radius 1 is 0.865 bits per heavy atom. The minimum absolute atomic E-state index is 0.0774. The van der Waals surface area contributed by atoms with E-state index in [0.29, 0.717) is 17.0 Å². The number of hydrogen-bond acceptors (Lipinski definition) is 3. The molecule has 0 saturated heterocycles. The lowest BCUT2D eigenvalue weighted by Crippen LogP contribution is -2.15. The molecule has 1 N–H and O–H groups in total. The summed E-state index contributed by atoms with van der Waals surface area (Å²) in [7, 11) is 0. The third-order valence-electron chi connectivity index (χ3n) is 5.80. The molecule has 3 aromatic carbocycles. The van der Waals surface area contributed by atoms with Crippen molar-refractivity contribution in [2.75, 3.05) is 5.32 Å². The van der Waals surface area contributed by atoms with Gasteiger partial charge in [-0.15, -0.1) is 0 Å². The zero-order valence-electron chi connectivity index (χ0n) is 19.4. The van der Waals surface area contributed by atoms with Crippen LogP contribution in [0.2, 0.25) is 0 Å². The topological polar surface area (TPSA) is 64.7 Å². The smallest absolute Gasteiger partial charge is 0.261 e. The van der Waals surface area contributed by atoms with Crippen LogP contribution in [0, 0.1) is 30.2 Å². The molecule has 2 aromatic heterocycles. The molecule has 0 aliphatic carbocycles. The zero-order chi connectivity index (χ0) is 26.1. The summed E-state index contributed by atoms with van der Waals surface area (Å²) in [6.07, 6.45) is 1.33. The molecule has 5 aromatic rings. The van der Waals surface area contributed by atoms with Crippen molar-refractivity contribution >= 4 is 11.7 Å². The molecule has 0 aliphatic heterocycles. The highest BCUT2D eigenvalue weighted by atomic mass is 19.2. The van der Waals surface area contributed by atoms with Crippen molar-refractivity contribution in [3.63, 3.8) is 0 Å². The summed E-state index contributed by atoms with van der Waals surface area (Å²) in [6.45, 7) is 1.19. The fourth-order valence-electron chi connectivity index (χ4n) is 4.01. The summed E-state index contributed by atoms with van der Waals surface area (Å²) in [5.74, 6) is -6.44. The van der Waals surface area contributed by atoms with Crippen molar-refractivity contribution in [1.82, 2.24) is 19.6 Å². The zero-order valence-corrected chi connectivity index (χ0v) is 19.4. The quantitative estimate of drug-likeness (QED) is 0.231. The molecule has 0 radical (unpaired) electrons. The molecule has 37 heavy (non-hydrogen) atoms. The van der Waals surface area contributed by atoms with E-state index in [1.807, 2.05) is 60.7 Å². The lowest BCUT2D eigenvalue weighted by molar-refractivity contribution is 0.102. The predicted molar refractivity (Wildman–Crippen MR) is 129 cm³/mol. The molecule has 0 fully saturated rings. The van der Waals surface area contributed by atoms with Crippen LogP contribution in [-0.4, -0.2) is 25.5 Å². The molecule has 6 nitrogen and oxygen atoms in total. The van der Waals surface area contributed by atoms with E-state index in [1.54, 1.807) is 11.6 Å². The number of anilines is 1. The monoisotopic (exact) mass is 505 g/mol. The molecule has 10 heteroatoms. The van der Waals surface area contributed by atoms with E-state index >= 15 is 0 Å². The van der Waals surface area contributed by atoms with E-state index in [2.05, 4.69) is 15.5 Å². The number of nitrogens with zero attached hydrogens (tertiary/aromatic N) is 4. The third-order valence-corrected chi connectivity index (χ3v) is 5.80. The minimum atomic E-state index is -1.51. The van der Waals surface area contributed by atoms with Crippen LogP contribution in [0.25, 0.3) is 16.9 Å². The van der Waals surface area contributed by atoms with Gasteiger partial charge in [0.15, 0.2) is 29.1 Å². The molecule has 5 rings (SSSR count). The number of carbonyl (C=O) groups is 1. The van der Waals surface area contributed by atoms with Crippen LogP contribution in [-0.2, 0) is 6.54 Å². The largest absolute Gasteiger partial charge is 0.305 e. The second-order valence-corrected chi connectivity index (χ2v) is 8.22. The van der Waals surface area contributed by atoms with Crippen molar-refractivity contribution in [2.45, 2.75) is 13.5 Å². The number of halogens is 4. The number of carbonyl (C=O) groups excluding carboxylic acids is 1. The van der Waals surface area contributed by atoms with Crippen LogP contribution < -0.4 is 5.32 Å². The molecule has 1 amide bonds. The molecule has 0 unspecified atom stereocenters. The third kappa shape index (κ3) is 4.61. The van der Waals surface area contributed by atoms with E-state index in [-0.39, 0.29) is 11.9 Å². The Morgan fingerprint density at radius 3 is 2.14 bits per heavy atom. The maximum absolute atomic E-state index is 14.1. The maximum Gasteiger partial charge on any atom is 0.261 e. The predicted octanol–water partition coefficient (Wildman–Crippen LogP) is 5.90. The van der Waals surface area contributed by atoms with Crippen LogP contribution in [0.1, 0.15) is 21.6 Å². The van der Waals surface area contributed by atoms with E-state index in [9.17, 15) is 22.4 Å². The molecule has 186 valence electrons. The van der Waals surface area contributed by atoms with Crippen LogP contribution in [0.4, 0.5) is 23.4 Å². The first-order valence-electron chi connectivity index (χ1n) is 11.2. The summed E-state index contributed by atoms with van der Waals surface area (Å²) in [5, 5.41) is 11.4. The highest BCUT2D eigenvalue weighted by Gasteiger charge is 2.24. The summed E-state index contributed by atoms with van der Waals surface area (Å²) in [6, 6.07) is 20.1. The minimum Gasteiger partial charge on any atom is -0.305 e. The van der Waals surface area contributed by atoms with Crippen molar-refractivity contribution < 1.29 is 22.4 Å². The molecule has 0 bridgehead atoms. The van der Waals surface area contributed by atoms with E-state index in [0.717, 1.165) is 15.9 Å². The molecular weight excluding hydrogens is 486 g/mol. The van der Waals surface area contributed by atoms with Gasteiger partial charge in [0.25, 0.3) is 5.91 Å². The first-order valence-corrected chi connectivity index (χ1v) is 11.2. The van der Waals surface area contributed by atoms with E-state index < -0.39 is 41.3 Å². The van der Waals surface area contributed by atoms with Crippen LogP contribution in [0.15, 0.2) is 79.0 Å². The van der Waals surface area contributed by atoms with Crippen LogP contribution in [0.5, 0.6) is 0 Å². The molecule has 0 atom stereocenters. The second-order valence-electron chi connectivity index (χ2n) is 8.22. The van der Waals surface area contributed by atoms with E-state index in [1.165, 1.54) is 12.3 Å². The molecule has 0 spiro atoms. The fraction of sp³-hybridized carbons (Fsp3) is 0.0741. The normalized spacial score (nSPS) is 11.1. The van der Waals surface area contributed by atoms with Crippen molar-refractivity contribution in [2.24, 2.45) is 0 Å². The Balaban J connectivity index is 1.46. The number of nitrogens with one attached hydrogen (secondary N) is 1. The van der Waals surface area contributed by atoms with Crippen LogP contribution >= 0.6 is 0 Å². The van der Waals surface area contributed by atoms with Gasteiger partial charge in [0, 0.05) is 23.9 Å². The Morgan fingerprint density at radius 2 is 1.49 bits per heavy atom.